The molecule has 4 nitrogen and oxygen atoms in total. The molecule has 0 heterocycles. The number of hydrogen-bond acceptors (Lipinski definition) is 3. The Hall–Kier alpha value is -1.55. The molecule has 20 heavy (non-hydrogen) atoms. The predicted molar refractivity (Wildman–Crippen MR) is 80.0 cm³/mol. The SMILES string of the molecule is CCC(CCO)NC(=O)COc1ccc(C(C)C)cc1. The first-order chi connectivity index (χ1) is 9.56. The third-order valence-corrected chi connectivity index (χ3v) is 3.25. The first-order valence-corrected chi connectivity index (χ1v) is 7.19. The number of hydrogen-bond donors (Lipinski definition) is 2. The van der Waals surface area contributed by atoms with Crippen molar-refractivity contribution < 1.29 is 14.6 Å². The monoisotopic (exact) mass is 279 g/mol. The molecule has 1 aromatic rings. The van der Waals surface area contributed by atoms with Crippen LogP contribution in [0.1, 0.15) is 45.1 Å². The van der Waals surface area contributed by atoms with E-state index in [0.29, 0.717) is 18.1 Å². The van der Waals surface area contributed by atoms with Crippen LogP contribution < -0.4 is 10.1 Å². The predicted octanol–water partition coefficient (Wildman–Crippen LogP) is 2.47. The van der Waals surface area contributed by atoms with Gasteiger partial charge in [-0.15, -0.1) is 0 Å². The van der Waals surface area contributed by atoms with Gasteiger partial charge in [-0.1, -0.05) is 32.9 Å². The molecular weight excluding hydrogens is 254 g/mol. The minimum absolute atomic E-state index is 0.00293. The van der Waals surface area contributed by atoms with Crippen molar-refractivity contribution >= 4 is 5.91 Å². The Balaban J connectivity index is 2.40. The van der Waals surface area contributed by atoms with Gasteiger partial charge in [0.15, 0.2) is 6.61 Å². The Morgan fingerprint density at radius 2 is 1.95 bits per heavy atom. The number of ether oxygens (including phenoxy) is 1. The molecule has 0 aliphatic carbocycles. The molecule has 1 aromatic carbocycles. The van der Waals surface area contributed by atoms with Gasteiger partial charge < -0.3 is 15.2 Å². The third-order valence-electron chi connectivity index (χ3n) is 3.25. The Morgan fingerprint density at radius 3 is 2.45 bits per heavy atom. The average molecular weight is 279 g/mol. The Kier molecular flexibility index (Phi) is 7.09. The molecule has 1 unspecified atom stereocenters. The molecule has 4 heteroatoms. The van der Waals surface area contributed by atoms with Crippen molar-refractivity contribution in [3.8, 4) is 5.75 Å². The topological polar surface area (TPSA) is 58.6 Å². The first kappa shape index (κ1) is 16.5. The minimum atomic E-state index is -0.154. The third kappa shape index (κ3) is 5.61. The van der Waals surface area contributed by atoms with Crippen molar-refractivity contribution in [2.45, 2.75) is 45.6 Å². The van der Waals surface area contributed by atoms with E-state index in [-0.39, 0.29) is 25.2 Å². The van der Waals surface area contributed by atoms with Gasteiger partial charge in [-0.05, 0) is 36.5 Å². The molecule has 1 amide bonds. The van der Waals surface area contributed by atoms with E-state index >= 15 is 0 Å². The fraction of sp³-hybridized carbons (Fsp3) is 0.562. The van der Waals surface area contributed by atoms with Gasteiger partial charge in [-0.25, -0.2) is 0 Å². The summed E-state index contributed by atoms with van der Waals surface area (Å²) in [6.45, 7) is 6.33. The second kappa shape index (κ2) is 8.59. The highest BCUT2D eigenvalue weighted by molar-refractivity contribution is 5.77. The number of carbonyl (C=O) groups is 1. The summed E-state index contributed by atoms with van der Waals surface area (Å²) in [5.74, 6) is 1.02. The molecule has 0 aliphatic heterocycles. The number of nitrogens with one attached hydrogen (secondary N) is 1. The lowest BCUT2D eigenvalue weighted by molar-refractivity contribution is -0.123. The maximum atomic E-state index is 11.7. The van der Waals surface area contributed by atoms with Gasteiger partial charge in [-0.3, -0.25) is 4.79 Å². The Labute approximate surface area is 121 Å². The van der Waals surface area contributed by atoms with E-state index in [1.807, 2.05) is 31.2 Å². The smallest absolute Gasteiger partial charge is 0.258 e. The molecule has 0 aromatic heterocycles. The van der Waals surface area contributed by atoms with Crippen molar-refractivity contribution in [1.29, 1.82) is 0 Å². The highest BCUT2D eigenvalue weighted by atomic mass is 16.5. The van der Waals surface area contributed by atoms with Gasteiger partial charge >= 0.3 is 0 Å². The lowest BCUT2D eigenvalue weighted by atomic mass is 10.0. The van der Waals surface area contributed by atoms with E-state index in [0.717, 1.165) is 6.42 Å². The number of amides is 1. The summed E-state index contributed by atoms with van der Waals surface area (Å²) in [7, 11) is 0. The molecule has 1 rings (SSSR count). The second-order valence-corrected chi connectivity index (χ2v) is 5.20. The summed E-state index contributed by atoms with van der Waals surface area (Å²) in [6, 6.07) is 7.80. The van der Waals surface area contributed by atoms with E-state index in [4.69, 9.17) is 9.84 Å². The lowest BCUT2D eigenvalue weighted by Gasteiger charge is -2.16. The molecule has 0 radical (unpaired) electrons. The van der Waals surface area contributed by atoms with E-state index < -0.39 is 0 Å². The van der Waals surface area contributed by atoms with Crippen LogP contribution >= 0.6 is 0 Å². The summed E-state index contributed by atoms with van der Waals surface area (Å²) >= 11 is 0. The largest absolute Gasteiger partial charge is 0.484 e. The van der Waals surface area contributed by atoms with Crippen LogP contribution in [0, 0.1) is 0 Å². The quantitative estimate of drug-likeness (QED) is 0.768. The zero-order valence-electron chi connectivity index (χ0n) is 12.6. The molecule has 0 aliphatic rings. The fourth-order valence-electron chi connectivity index (χ4n) is 1.90. The summed E-state index contributed by atoms with van der Waals surface area (Å²) in [4.78, 5) is 11.7. The molecule has 0 saturated heterocycles. The normalized spacial score (nSPS) is 12.2. The molecule has 0 saturated carbocycles. The summed E-state index contributed by atoms with van der Waals surface area (Å²) in [5, 5.41) is 11.7. The van der Waals surface area contributed by atoms with Gasteiger partial charge in [0.1, 0.15) is 5.75 Å². The first-order valence-electron chi connectivity index (χ1n) is 7.19. The van der Waals surface area contributed by atoms with Crippen molar-refractivity contribution in [2.75, 3.05) is 13.2 Å². The number of benzene rings is 1. The van der Waals surface area contributed by atoms with E-state index in [9.17, 15) is 4.79 Å². The van der Waals surface area contributed by atoms with Gasteiger partial charge in [-0.2, -0.15) is 0 Å². The van der Waals surface area contributed by atoms with Gasteiger partial charge in [0.05, 0.1) is 0 Å². The number of carbonyl (C=O) groups excluding carboxylic acids is 1. The van der Waals surface area contributed by atoms with Crippen LogP contribution in [-0.2, 0) is 4.79 Å². The molecule has 0 spiro atoms. The second-order valence-electron chi connectivity index (χ2n) is 5.20. The fourth-order valence-corrected chi connectivity index (χ4v) is 1.90. The zero-order valence-corrected chi connectivity index (χ0v) is 12.6. The van der Waals surface area contributed by atoms with Crippen LogP contribution in [0.2, 0.25) is 0 Å². The zero-order chi connectivity index (χ0) is 15.0. The maximum absolute atomic E-state index is 11.7. The van der Waals surface area contributed by atoms with Crippen molar-refractivity contribution in [1.82, 2.24) is 5.32 Å². The molecule has 112 valence electrons. The van der Waals surface area contributed by atoms with Crippen LogP contribution in [0.25, 0.3) is 0 Å². The highest BCUT2D eigenvalue weighted by Crippen LogP contribution is 2.18. The van der Waals surface area contributed by atoms with Crippen LogP contribution in [0.15, 0.2) is 24.3 Å². The van der Waals surface area contributed by atoms with Crippen molar-refractivity contribution in [2.24, 2.45) is 0 Å². The highest BCUT2D eigenvalue weighted by Gasteiger charge is 2.10. The van der Waals surface area contributed by atoms with E-state index in [1.165, 1.54) is 5.56 Å². The molecule has 1 atom stereocenters. The van der Waals surface area contributed by atoms with Crippen LogP contribution in [-0.4, -0.2) is 30.3 Å². The molecular formula is C16H25NO3. The number of aliphatic hydroxyl groups is 1. The van der Waals surface area contributed by atoms with Crippen molar-refractivity contribution in [3.05, 3.63) is 29.8 Å². The summed E-state index contributed by atoms with van der Waals surface area (Å²) in [6.07, 6.45) is 1.38. The van der Waals surface area contributed by atoms with Crippen molar-refractivity contribution in [3.63, 3.8) is 0 Å². The van der Waals surface area contributed by atoms with E-state index in [1.54, 1.807) is 0 Å². The van der Waals surface area contributed by atoms with Crippen LogP contribution in [0.4, 0.5) is 0 Å². The van der Waals surface area contributed by atoms with Gasteiger partial charge in [0, 0.05) is 12.6 Å². The molecule has 0 bridgehead atoms. The molecule has 2 N–H and O–H groups in total. The van der Waals surface area contributed by atoms with E-state index in [2.05, 4.69) is 19.2 Å². The summed E-state index contributed by atoms with van der Waals surface area (Å²) in [5.41, 5.74) is 1.25. The minimum Gasteiger partial charge on any atom is -0.484 e. The maximum Gasteiger partial charge on any atom is 0.258 e. The average Bonchev–Trinajstić information content (AvgIpc) is 2.45. The Bertz CT molecular complexity index is 401. The standard InChI is InChI=1S/C16H25NO3/c1-4-14(9-10-18)17-16(19)11-20-15-7-5-13(6-8-15)12(2)3/h5-8,12,14,18H,4,9-11H2,1-3H3,(H,17,19). The molecule has 0 fully saturated rings. The van der Waals surface area contributed by atoms with Crippen LogP contribution in [0.5, 0.6) is 5.75 Å². The van der Waals surface area contributed by atoms with Gasteiger partial charge in [0.2, 0.25) is 0 Å². The Morgan fingerprint density at radius 1 is 1.30 bits per heavy atom. The van der Waals surface area contributed by atoms with Gasteiger partial charge in [0.25, 0.3) is 5.91 Å². The number of rotatable bonds is 8. The number of aliphatic hydroxyl groups excluding tert-OH is 1. The van der Waals surface area contributed by atoms with Crippen LogP contribution in [0.3, 0.4) is 0 Å². The summed E-state index contributed by atoms with van der Waals surface area (Å²) < 4.78 is 5.45. The lowest BCUT2D eigenvalue weighted by Crippen LogP contribution is -2.38.